The van der Waals surface area contributed by atoms with Gasteiger partial charge in [0.25, 0.3) is 0 Å². The van der Waals surface area contributed by atoms with E-state index in [4.69, 9.17) is 14.6 Å². The Morgan fingerprint density at radius 1 is 0.971 bits per heavy atom. The Labute approximate surface area is 199 Å². The van der Waals surface area contributed by atoms with Gasteiger partial charge in [0.05, 0.1) is 6.42 Å². The Hall–Kier alpha value is -3.39. The highest BCUT2D eigenvalue weighted by Crippen LogP contribution is 2.44. The van der Waals surface area contributed by atoms with Crippen molar-refractivity contribution in [3.8, 4) is 11.1 Å². The molecular weight excluding hydrogens is 436 g/mol. The molecule has 0 radical (unpaired) electrons. The summed E-state index contributed by atoms with van der Waals surface area (Å²) in [6, 6.07) is 14.7. The standard InChI is InChI=1S/C26H32N2O6/c1-2-3-14-33-15-8-13-27-25(31)23(16-24(29)30)28-26(32)34-17-22-20-11-6-4-9-18(20)19-10-5-7-12-21(19)22/h4-7,9-12,22-23H,2-3,8,13-17H2,1H3,(H,27,31)(H,28,32)(H,29,30). The monoisotopic (exact) mass is 468 g/mol. The molecule has 1 aliphatic rings. The molecule has 0 saturated carbocycles. The van der Waals surface area contributed by atoms with Crippen LogP contribution in [0.25, 0.3) is 11.1 Å². The average molecular weight is 469 g/mol. The summed E-state index contributed by atoms with van der Waals surface area (Å²) in [7, 11) is 0. The second-order valence-electron chi connectivity index (χ2n) is 8.23. The molecule has 34 heavy (non-hydrogen) atoms. The zero-order chi connectivity index (χ0) is 24.3. The Morgan fingerprint density at radius 3 is 2.21 bits per heavy atom. The molecule has 8 heteroatoms. The number of carboxylic acids is 1. The molecule has 2 amide bonds. The highest BCUT2D eigenvalue weighted by atomic mass is 16.5. The molecule has 1 aliphatic carbocycles. The lowest BCUT2D eigenvalue weighted by Gasteiger charge is -2.18. The van der Waals surface area contributed by atoms with E-state index in [-0.39, 0.29) is 12.5 Å². The quantitative estimate of drug-likeness (QED) is 0.386. The summed E-state index contributed by atoms with van der Waals surface area (Å²) in [5.41, 5.74) is 4.35. The van der Waals surface area contributed by atoms with Crippen molar-refractivity contribution >= 4 is 18.0 Å². The lowest BCUT2D eigenvalue weighted by atomic mass is 9.98. The molecule has 2 aromatic rings. The van der Waals surface area contributed by atoms with Crippen molar-refractivity contribution in [2.24, 2.45) is 0 Å². The number of fused-ring (bicyclic) bond motifs is 3. The topological polar surface area (TPSA) is 114 Å². The predicted octanol–water partition coefficient (Wildman–Crippen LogP) is 3.69. The van der Waals surface area contributed by atoms with Crippen LogP contribution in [0.4, 0.5) is 4.79 Å². The van der Waals surface area contributed by atoms with Crippen LogP contribution in [-0.4, -0.2) is 55.5 Å². The molecule has 0 spiro atoms. The zero-order valence-corrected chi connectivity index (χ0v) is 19.4. The van der Waals surface area contributed by atoms with Crippen LogP contribution < -0.4 is 10.6 Å². The fourth-order valence-corrected chi connectivity index (χ4v) is 4.02. The van der Waals surface area contributed by atoms with E-state index in [1.807, 2.05) is 48.5 Å². The van der Waals surface area contributed by atoms with Gasteiger partial charge in [-0.2, -0.15) is 0 Å². The number of alkyl carbamates (subject to hydrolysis) is 1. The van der Waals surface area contributed by atoms with Gasteiger partial charge in [0.15, 0.2) is 0 Å². The number of rotatable bonds is 13. The smallest absolute Gasteiger partial charge is 0.407 e. The first-order chi connectivity index (χ1) is 16.5. The normalized spacial score (nSPS) is 13.0. The van der Waals surface area contributed by atoms with Crippen molar-refractivity contribution in [2.45, 2.75) is 44.6 Å². The number of aliphatic carboxylic acids is 1. The van der Waals surface area contributed by atoms with E-state index >= 15 is 0 Å². The van der Waals surface area contributed by atoms with E-state index in [2.05, 4.69) is 17.6 Å². The molecule has 0 aliphatic heterocycles. The molecule has 8 nitrogen and oxygen atoms in total. The summed E-state index contributed by atoms with van der Waals surface area (Å²) in [4.78, 5) is 36.1. The van der Waals surface area contributed by atoms with Crippen LogP contribution in [0.3, 0.4) is 0 Å². The summed E-state index contributed by atoms with van der Waals surface area (Å²) in [6.45, 7) is 3.67. The minimum Gasteiger partial charge on any atom is -0.481 e. The Balaban J connectivity index is 1.52. The zero-order valence-electron chi connectivity index (χ0n) is 19.4. The third-order valence-electron chi connectivity index (χ3n) is 5.74. The van der Waals surface area contributed by atoms with E-state index in [0.717, 1.165) is 35.1 Å². The summed E-state index contributed by atoms with van der Waals surface area (Å²) < 4.78 is 10.9. The largest absolute Gasteiger partial charge is 0.481 e. The predicted molar refractivity (Wildman–Crippen MR) is 128 cm³/mol. The summed E-state index contributed by atoms with van der Waals surface area (Å²) in [6.07, 6.45) is 1.27. The Morgan fingerprint density at radius 2 is 1.59 bits per heavy atom. The third-order valence-corrected chi connectivity index (χ3v) is 5.74. The van der Waals surface area contributed by atoms with E-state index in [9.17, 15) is 14.4 Å². The lowest BCUT2D eigenvalue weighted by Crippen LogP contribution is -2.48. The van der Waals surface area contributed by atoms with Crippen molar-refractivity contribution in [1.82, 2.24) is 10.6 Å². The molecule has 2 aromatic carbocycles. The van der Waals surface area contributed by atoms with Crippen LogP contribution >= 0.6 is 0 Å². The average Bonchev–Trinajstić information content (AvgIpc) is 3.15. The van der Waals surface area contributed by atoms with Crippen LogP contribution in [-0.2, 0) is 19.1 Å². The molecule has 182 valence electrons. The molecule has 0 bridgehead atoms. The van der Waals surface area contributed by atoms with Gasteiger partial charge in [0.1, 0.15) is 12.6 Å². The molecule has 0 heterocycles. The number of benzene rings is 2. The first-order valence-corrected chi connectivity index (χ1v) is 11.7. The highest BCUT2D eigenvalue weighted by molar-refractivity contribution is 5.89. The number of ether oxygens (including phenoxy) is 2. The lowest BCUT2D eigenvalue weighted by molar-refractivity contribution is -0.139. The number of carboxylic acid groups (broad SMARTS) is 1. The van der Waals surface area contributed by atoms with Crippen molar-refractivity contribution < 1.29 is 29.0 Å². The highest BCUT2D eigenvalue weighted by Gasteiger charge is 2.30. The minimum atomic E-state index is -1.23. The van der Waals surface area contributed by atoms with E-state index in [1.165, 1.54) is 0 Å². The summed E-state index contributed by atoms with van der Waals surface area (Å²) in [5.74, 6) is -1.89. The number of hydrogen-bond donors (Lipinski definition) is 3. The van der Waals surface area contributed by atoms with Gasteiger partial charge in [-0.3, -0.25) is 9.59 Å². The Bertz CT molecular complexity index is 947. The molecule has 0 fully saturated rings. The SMILES string of the molecule is CCCCOCCCNC(=O)C(CC(=O)O)NC(=O)OCC1c2ccccc2-c2ccccc21. The maximum atomic E-state index is 12.5. The van der Waals surface area contributed by atoms with Gasteiger partial charge in [-0.15, -0.1) is 0 Å². The van der Waals surface area contributed by atoms with Crippen molar-refractivity contribution in [3.05, 3.63) is 59.7 Å². The van der Waals surface area contributed by atoms with Gasteiger partial charge >= 0.3 is 12.1 Å². The van der Waals surface area contributed by atoms with E-state index < -0.39 is 30.4 Å². The van der Waals surface area contributed by atoms with Crippen LogP contribution in [0.15, 0.2) is 48.5 Å². The van der Waals surface area contributed by atoms with Crippen molar-refractivity contribution in [3.63, 3.8) is 0 Å². The Kier molecular flexibility index (Phi) is 9.46. The van der Waals surface area contributed by atoms with Crippen molar-refractivity contribution in [1.29, 1.82) is 0 Å². The van der Waals surface area contributed by atoms with Crippen LogP contribution in [0.2, 0.25) is 0 Å². The number of nitrogens with one attached hydrogen (secondary N) is 2. The van der Waals surface area contributed by atoms with E-state index in [0.29, 0.717) is 26.2 Å². The van der Waals surface area contributed by atoms with Crippen LogP contribution in [0, 0.1) is 0 Å². The summed E-state index contributed by atoms with van der Waals surface area (Å²) >= 11 is 0. The van der Waals surface area contributed by atoms with E-state index in [1.54, 1.807) is 0 Å². The molecule has 3 N–H and O–H groups in total. The van der Waals surface area contributed by atoms with Gasteiger partial charge < -0.3 is 25.2 Å². The first-order valence-electron chi connectivity index (χ1n) is 11.7. The molecule has 0 aromatic heterocycles. The first kappa shape index (κ1) is 25.2. The third kappa shape index (κ3) is 6.81. The minimum absolute atomic E-state index is 0.0797. The number of hydrogen-bond acceptors (Lipinski definition) is 5. The fraction of sp³-hybridized carbons (Fsp3) is 0.423. The number of carbonyl (C=O) groups excluding carboxylic acids is 2. The molecule has 0 saturated heterocycles. The van der Waals surface area contributed by atoms with Crippen molar-refractivity contribution in [2.75, 3.05) is 26.4 Å². The second-order valence-corrected chi connectivity index (χ2v) is 8.23. The van der Waals surface area contributed by atoms with Gasteiger partial charge in [0.2, 0.25) is 5.91 Å². The van der Waals surface area contributed by atoms with Gasteiger partial charge in [-0.1, -0.05) is 61.9 Å². The van der Waals surface area contributed by atoms with Gasteiger partial charge in [0, 0.05) is 25.7 Å². The second kappa shape index (κ2) is 12.7. The number of unbranched alkanes of at least 4 members (excludes halogenated alkanes) is 1. The summed E-state index contributed by atoms with van der Waals surface area (Å²) in [5, 5.41) is 14.2. The number of amides is 2. The maximum Gasteiger partial charge on any atom is 0.407 e. The fourth-order valence-electron chi connectivity index (χ4n) is 4.02. The molecular formula is C26H32N2O6. The number of carbonyl (C=O) groups is 3. The van der Waals surface area contributed by atoms with Crippen LogP contribution in [0.5, 0.6) is 0 Å². The molecule has 3 rings (SSSR count). The molecule has 1 unspecified atom stereocenters. The molecule has 1 atom stereocenters. The maximum absolute atomic E-state index is 12.5. The van der Waals surface area contributed by atoms with Gasteiger partial charge in [-0.05, 0) is 35.1 Å². The van der Waals surface area contributed by atoms with Gasteiger partial charge in [-0.25, -0.2) is 4.79 Å². The van der Waals surface area contributed by atoms with Crippen LogP contribution in [0.1, 0.15) is 49.7 Å².